The van der Waals surface area contributed by atoms with Gasteiger partial charge in [-0.2, -0.15) is 0 Å². The second-order valence-corrected chi connectivity index (χ2v) is 4.90. The van der Waals surface area contributed by atoms with Gasteiger partial charge in [-0.25, -0.2) is 9.59 Å². The van der Waals surface area contributed by atoms with Crippen molar-refractivity contribution in [1.29, 1.82) is 0 Å². The highest BCUT2D eigenvalue weighted by Gasteiger charge is 2.18. The Kier molecular flexibility index (Phi) is 5.58. The van der Waals surface area contributed by atoms with Crippen LogP contribution in [0.3, 0.4) is 0 Å². The van der Waals surface area contributed by atoms with Crippen LogP contribution in [-0.4, -0.2) is 34.6 Å². The van der Waals surface area contributed by atoms with Gasteiger partial charge in [-0.05, 0) is 32.0 Å². The molecule has 1 rings (SSSR count). The topological polar surface area (TPSA) is 69.6 Å². The molecule has 0 radical (unpaired) electrons. The molecule has 0 bridgehead atoms. The zero-order chi connectivity index (χ0) is 15.3. The van der Waals surface area contributed by atoms with E-state index in [0.717, 1.165) is 0 Å². The van der Waals surface area contributed by atoms with Gasteiger partial charge in [-0.15, -0.1) is 6.58 Å². The summed E-state index contributed by atoms with van der Waals surface area (Å²) in [6.45, 7) is 7.70. The van der Waals surface area contributed by atoms with Gasteiger partial charge in [0.2, 0.25) is 0 Å². The van der Waals surface area contributed by atoms with Crippen molar-refractivity contribution >= 4 is 29.3 Å². The predicted molar refractivity (Wildman–Crippen MR) is 79.5 cm³/mol. The number of hydrogen-bond donors (Lipinski definition) is 2. The summed E-state index contributed by atoms with van der Waals surface area (Å²) in [5.41, 5.74) is 0.162. The number of carbonyl (C=O) groups excluding carboxylic acids is 1. The van der Waals surface area contributed by atoms with Crippen LogP contribution in [0.15, 0.2) is 30.9 Å². The molecule has 20 heavy (non-hydrogen) atoms. The van der Waals surface area contributed by atoms with E-state index in [1.807, 2.05) is 13.8 Å². The first-order valence-electron chi connectivity index (χ1n) is 6.08. The number of amides is 2. The summed E-state index contributed by atoms with van der Waals surface area (Å²) in [6.07, 6.45) is 1.61. The molecule has 0 aliphatic heterocycles. The maximum atomic E-state index is 12.1. The summed E-state index contributed by atoms with van der Waals surface area (Å²) in [7, 11) is 0. The monoisotopic (exact) mass is 296 g/mol. The highest BCUT2D eigenvalue weighted by molar-refractivity contribution is 6.31. The molecule has 0 saturated heterocycles. The minimum Gasteiger partial charge on any atom is -0.478 e. The molecule has 0 fully saturated rings. The molecule has 0 saturated carbocycles. The van der Waals surface area contributed by atoms with E-state index in [1.165, 1.54) is 23.1 Å². The van der Waals surface area contributed by atoms with E-state index in [9.17, 15) is 9.59 Å². The fourth-order valence-electron chi connectivity index (χ4n) is 1.66. The van der Waals surface area contributed by atoms with E-state index in [-0.39, 0.29) is 23.3 Å². The summed E-state index contributed by atoms with van der Waals surface area (Å²) in [6, 6.07) is 3.87. The van der Waals surface area contributed by atoms with E-state index in [2.05, 4.69) is 11.9 Å². The number of rotatable bonds is 5. The fourth-order valence-corrected chi connectivity index (χ4v) is 1.83. The number of carboxylic acids is 1. The number of benzene rings is 1. The van der Waals surface area contributed by atoms with Crippen molar-refractivity contribution in [1.82, 2.24) is 4.90 Å². The second kappa shape index (κ2) is 6.96. The predicted octanol–water partition coefficient (Wildman–Crippen LogP) is 3.47. The van der Waals surface area contributed by atoms with Crippen LogP contribution >= 0.6 is 11.6 Å². The van der Waals surface area contributed by atoms with Gasteiger partial charge in [0.15, 0.2) is 0 Å². The number of halogens is 1. The molecule has 0 spiro atoms. The molecule has 1 aromatic rings. The Morgan fingerprint density at radius 3 is 2.65 bits per heavy atom. The minimum absolute atomic E-state index is 0.0337. The third kappa shape index (κ3) is 3.99. The Bertz CT molecular complexity index is 529. The normalized spacial score (nSPS) is 10.2. The van der Waals surface area contributed by atoms with E-state index in [0.29, 0.717) is 11.6 Å². The third-order valence-corrected chi connectivity index (χ3v) is 2.90. The van der Waals surface area contributed by atoms with E-state index >= 15 is 0 Å². The average molecular weight is 297 g/mol. The largest absolute Gasteiger partial charge is 0.478 e. The van der Waals surface area contributed by atoms with E-state index in [1.54, 1.807) is 6.08 Å². The number of nitrogens with zero attached hydrogens (tertiary/aromatic N) is 1. The Balaban J connectivity index is 3.00. The van der Waals surface area contributed by atoms with E-state index in [4.69, 9.17) is 16.7 Å². The number of anilines is 1. The molecule has 6 heteroatoms. The van der Waals surface area contributed by atoms with Crippen molar-refractivity contribution in [3.8, 4) is 0 Å². The standard InChI is InChI=1S/C14H17ClN2O3/c1-4-7-17(9(2)3)14(20)16-12-6-5-10(15)8-11(12)13(18)19/h4-6,8-9H,1,7H2,2-3H3,(H,16,20)(H,18,19). The van der Waals surface area contributed by atoms with Crippen molar-refractivity contribution in [2.45, 2.75) is 19.9 Å². The van der Waals surface area contributed by atoms with Crippen molar-refractivity contribution in [3.63, 3.8) is 0 Å². The molecule has 2 N–H and O–H groups in total. The van der Waals surface area contributed by atoms with Gasteiger partial charge >= 0.3 is 12.0 Å². The maximum absolute atomic E-state index is 12.1. The first-order chi connectivity index (χ1) is 9.36. The number of carbonyl (C=O) groups is 2. The van der Waals surface area contributed by atoms with Gasteiger partial charge < -0.3 is 15.3 Å². The van der Waals surface area contributed by atoms with Gasteiger partial charge in [-0.3, -0.25) is 0 Å². The van der Waals surface area contributed by atoms with Crippen LogP contribution in [0.1, 0.15) is 24.2 Å². The number of nitrogens with one attached hydrogen (secondary N) is 1. The van der Waals surface area contributed by atoms with Crippen LogP contribution in [-0.2, 0) is 0 Å². The Morgan fingerprint density at radius 1 is 1.50 bits per heavy atom. The van der Waals surface area contributed by atoms with Crippen LogP contribution in [0.25, 0.3) is 0 Å². The zero-order valence-electron chi connectivity index (χ0n) is 11.4. The molecule has 0 atom stereocenters. The van der Waals surface area contributed by atoms with Gasteiger partial charge in [0, 0.05) is 17.6 Å². The van der Waals surface area contributed by atoms with Gasteiger partial charge in [0.1, 0.15) is 0 Å². The van der Waals surface area contributed by atoms with Gasteiger partial charge in [0.05, 0.1) is 11.3 Å². The molecule has 108 valence electrons. The lowest BCUT2D eigenvalue weighted by molar-refractivity contribution is 0.0698. The molecule has 0 aromatic heterocycles. The summed E-state index contributed by atoms with van der Waals surface area (Å²) < 4.78 is 0. The molecule has 0 aliphatic rings. The van der Waals surface area contributed by atoms with Crippen LogP contribution in [0.5, 0.6) is 0 Å². The lowest BCUT2D eigenvalue weighted by Crippen LogP contribution is -2.40. The number of hydrogen-bond acceptors (Lipinski definition) is 2. The minimum atomic E-state index is -1.15. The summed E-state index contributed by atoms with van der Waals surface area (Å²) in [5, 5.41) is 12.0. The van der Waals surface area contributed by atoms with Crippen molar-refractivity contribution in [3.05, 3.63) is 41.4 Å². The van der Waals surface area contributed by atoms with Crippen LogP contribution in [0, 0.1) is 0 Å². The van der Waals surface area contributed by atoms with Crippen molar-refractivity contribution in [2.24, 2.45) is 0 Å². The van der Waals surface area contributed by atoms with Crippen LogP contribution in [0.4, 0.5) is 10.5 Å². The highest BCUT2D eigenvalue weighted by Crippen LogP contribution is 2.21. The summed E-state index contributed by atoms with van der Waals surface area (Å²) in [5.74, 6) is -1.15. The molecule has 1 aromatic carbocycles. The first kappa shape index (κ1) is 16.0. The summed E-state index contributed by atoms with van der Waals surface area (Å²) >= 11 is 5.76. The quantitative estimate of drug-likeness (QED) is 0.817. The lowest BCUT2D eigenvalue weighted by atomic mass is 10.2. The number of carboxylic acid groups (broad SMARTS) is 1. The average Bonchev–Trinajstić information content (AvgIpc) is 2.37. The highest BCUT2D eigenvalue weighted by atomic mass is 35.5. The summed E-state index contributed by atoms with van der Waals surface area (Å²) in [4.78, 5) is 24.8. The Morgan fingerprint density at radius 2 is 2.15 bits per heavy atom. The smallest absolute Gasteiger partial charge is 0.337 e. The molecule has 0 heterocycles. The number of aromatic carboxylic acids is 1. The number of urea groups is 1. The second-order valence-electron chi connectivity index (χ2n) is 4.46. The van der Waals surface area contributed by atoms with Crippen LogP contribution in [0.2, 0.25) is 5.02 Å². The van der Waals surface area contributed by atoms with Crippen molar-refractivity contribution in [2.75, 3.05) is 11.9 Å². The third-order valence-electron chi connectivity index (χ3n) is 2.66. The van der Waals surface area contributed by atoms with Gasteiger partial charge in [0.25, 0.3) is 0 Å². The van der Waals surface area contributed by atoms with Gasteiger partial charge in [-0.1, -0.05) is 17.7 Å². The maximum Gasteiger partial charge on any atom is 0.337 e. The fraction of sp³-hybridized carbons (Fsp3) is 0.286. The molecular weight excluding hydrogens is 280 g/mol. The molecule has 0 unspecified atom stereocenters. The zero-order valence-corrected chi connectivity index (χ0v) is 12.1. The van der Waals surface area contributed by atoms with Crippen LogP contribution < -0.4 is 5.32 Å². The Hall–Kier alpha value is -2.01. The molecule has 2 amide bonds. The lowest BCUT2D eigenvalue weighted by Gasteiger charge is -2.25. The molecule has 5 nitrogen and oxygen atoms in total. The van der Waals surface area contributed by atoms with E-state index < -0.39 is 5.97 Å². The molecule has 0 aliphatic carbocycles. The first-order valence-corrected chi connectivity index (χ1v) is 6.46. The molecular formula is C14H17ClN2O3. The Labute approximate surface area is 122 Å². The SMILES string of the molecule is C=CCN(C(=O)Nc1ccc(Cl)cc1C(=O)O)C(C)C. The van der Waals surface area contributed by atoms with Crippen molar-refractivity contribution < 1.29 is 14.7 Å².